The number of aryl methyl sites for hydroxylation is 1. The lowest BCUT2D eigenvalue weighted by atomic mass is 10.0. The van der Waals surface area contributed by atoms with Crippen molar-refractivity contribution in [1.29, 1.82) is 0 Å². The van der Waals surface area contributed by atoms with Crippen LogP contribution >= 0.6 is 15.9 Å². The van der Waals surface area contributed by atoms with Gasteiger partial charge >= 0.3 is 0 Å². The molecule has 0 aliphatic rings. The lowest BCUT2D eigenvalue weighted by molar-refractivity contribution is 0.0921. The minimum absolute atomic E-state index is 0.247. The molecule has 0 saturated heterocycles. The van der Waals surface area contributed by atoms with Crippen molar-refractivity contribution in [2.45, 2.75) is 13.5 Å². The van der Waals surface area contributed by atoms with Gasteiger partial charge in [-0.25, -0.2) is 0 Å². The van der Waals surface area contributed by atoms with Crippen LogP contribution in [0.5, 0.6) is 5.75 Å². The van der Waals surface area contributed by atoms with Crippen molar-refractivity contribution in [3.8, 4) is 5.75 Å². The molecule has 0 radical (unpaired) electrons. The smallest absolute Gasteiger partial charge is 0.287 e. The number of carbonyl (C=O) groups is 1. The quantitative estimate of drug-likeness (QED) is 0.735. The number of carbonyl (C=O) groups excluding carboxylic acids is 1. The van der Waals surface area contributed by atoms with Crippen molar-refractivity contribution in [3.63, 3.8) is 0 Å². The molecule has 5 heteroatoms. The van der Waals surface area contributed by atoms with Gasteiger partial charge in [0.15, 0.2) is 10.4 Å². The third-order valence-corrected chi connectivity index (χ3v) is 4.13. The van der Waals surface area contributed by atoms with Crippen LogP contribution in [0.3, 0.4) is 0 Å². The number of halogens is 1. The summed E-state index contributed by atoms with van der Waals surface area (Å²) in [4.78, 5) is 12.3. The molecule has 1 aromatic heterocycles. The number of amides is 1. The van der Waals surface area contributed by atoms with Crippen molar-refractivity contribution < 1.29 is 13.9 Å². The van der Waals surface area contributed by atoms with Crippen molar-refractivity contribution in [1.82, 2.24) is 5.32 Å². The highest BCUT2D eigenvalue weighted by atomic mass is 79.9. The average Bonchev–Trinajstić information content (AvgIpc) is 2.90. The van der Waals surface area contributed by atoms with Gasteiger partial charge in [0, 0.05) is 17.7 Å². The van der Waals surface area contributed by atoms with E-state index in [0.717, 1.165) is 27.6 Å². The van der Waals surface area contributed by atoms with Gasteiger partial charge in [0.05, 0.1) is 7.11 Å². The molecule has 0 bridgehead atoms. The lowest BCUT2D eigenvalue weighted by Gasteiger charge is -2.12. The Bertz CT molecular complexity index is 870. The average molecular weight is 374 g/mol. The second-order valence-electron chi connectivity index (χ2n) is 5.21. The molecule has 1 amide bonds. The number of ether oxygens (including phenoxy) is 1. The van der Waals surface area contributed by atoms with E-state index in [9.17, 15) is 4.79 Å². The zero-order valence-electron chi connectivity index (χ0n) is 12.9. The summed E-state index contributed by atoms with van der Waals surface area (Å²) in [5, 5.41) is 5.07. The van der Waals surface area contributed by atoms with Crippen LogP contribution in [-0.4, -0.2) is 13.0 Å². The second kappa shape index (κ2) is 6.46. The molecule has 0 saturated carbocycles. The lowest BCUT2D eigenvalue weighted by Crippen LogP contribution is -2.23. The van der Waals surface area contributed by atoms with Crippen molar-refractivity contribution in [2.24, 2.45) is 0 Å². The Morgan fingerprint density at radius 3 is 2.74 bits per heavy atom. The number of hydrogen-bond donors (Lipinski definition) is 1. The van der Waals surface area contributed by atoms with Gasteiger partial charge in [-0.1, -0.05) is 30.3 Å². The maximum absolute atomic E-state index is 12.3. The van der Waals surface area contributed by atoms with Gasteiger partial charge in [-0.15, -0.1) is 0 Å². The Balaban J connectivity index is 1.89. The first-order valence-electron chi connectivity index (χ1n) is 7.19. The molecule has 0 atom stereocenters. The van der Waals surface area contributed by atoms with E-state index >= 15 is 0 Å². The van der Waals surface area contributed by atoms with E-state index in [0.29, 0.717) is 17.0 Å². The summed E-state index contributed by atoms with van der Waals surface area (Å²) in [6.07, 6.45) is 0. The van der Waals surface area contributed by atoms with E-state index < -0.39 is 0 Å². The summed E-state index contributed by atoms with van der Waals surface area (Å²) in [6.45, 7) is 2.20. The van der Waals surface area contributed by atoms with E-state index in [1.54, 1.807) is 13.2 Å². The molecule has 2 aromatic carbocycles. The Morgan fingerprint density at radius 2 is 2.04 bits per heavy atom. The van der Waals surface area contributed by atoms with E-state index in [4.69, 9.17) is 9.15 Å². The molecule has 118 valence electrons. The van der Waals surface area contributed by atoms with Gasteiger partial charge in [0.25, 0.3) is 5.91 Å². The SMILES string of the molecule is COc1ccc2ccccc2c1CNC(=O)c1oc(Br)cc1C. The van der Waals surface area contributed by atoms with E-state index in [1.165, 1.54) is 0 Å². The normalized spacial score (nSPS) is 10.7. The van der Waals surface area contributed by atoms with Crippen molar-refractivity contribution in [2.75, 3.05) is 7.11 Å². The number of nitrogens with one attached hydrogen (secondary N) is 1. The second-order valence-corrected chi connectivity index (χ2v) is 5.99. The number of rotatable bonds is 4. The minimum atomic E-state index is -0.247. The fourth-order valence-electron chi connectivity index (χ4n) is 2.61. The first kappa shape index (κ1) is 15.6. The fourth-order valence-corrected chi connectivity index (χ4v) is 3.11. The summed E-state index contributed by atoms with van der Waals surface area (Å²) in [5.41, 5.74) is 1.74. The van der Waals surface area contributed by atoms with Crippen LogP contribution < -0.4 is 10.1 Å². The number of benzene rings is 2. The predicted molar refractivity (Wildman–Crippen MR) is 92.8 cm³/mol. The molecular formula is C18H16BrNO3. The van der Waals surface area contributed by atoms with Crippen LogP contribution in [0.1, 0.15) is 21.7 Å². The summed E-state index contributed by atoms with van der Waals surface area (Å²) in [6, 6.07) is 13.7. The van der Waals surface area contributed by atoms with Crippen LogP contribution in [0.2, 0.25) is 0 Å². The zero-order chi connectivity index (χ0) is 16.4. The molecule has 3 aromatic rings. The molecule has 0 aliphatic heterocycles. The van der Waals surface area contributed by atoms with Crippen molar-refractivity contribution >= 4 is 32.6 Å². The summed E-state index contributed by atoms with van der Waals surface area (Å²) >= 11 is 3.24. The van der Waals surface area contributed by atoms with Gasteiger partial charge in [0.1, 0.15) is 5.75 Å². The van der Waals surface area contributed by atoms with Gasteiger partial charge in [-0.05, 0) is 45.8 Å². The predicted octanol–water partition coefficient (Wildman–Crippen LogP) is 4.44. The van der Waals surface area contributed by atoms with Gasteiger partial charge < -0.3 is 14.5 Å². The van der Waals surface area contributed by atoms with E-state index in [-0.39, 0.29) is 5.91 Å². The molecule has 3 rings (SSSR count). The van der Waals surface area contributed by atoms with Crippen LogP contribution in [0.25, 0.3) is 10.8 Å². The number of methoxy groups -OCH3 is 1. The van der Waals surface area contributed by atoms with Crippen molar-refractivity contribution in [3.05, 3.63) is 64.0 Å². The molecule has 0 spiro atoms. The molecule has 1 heterocycles. The topological polar surface area (TPSA) is 51.5 Å². The van der Waals surface area contributed by atoms with E-state index in [2.05, 4.69) is 21.2 Å². The Kier molecular flexibility index (Phi) is 4.39. The largest absolute Gasteiger partial charge is 0.496 e. The van der Waals surface area contributed by atoms with Crippen LogP contribution in [0, 0.1) is 6.92 Å². The first-order valence-corrected chi connectivity index (χ1v) is 7.98. The molecule has 0 aliphatic carbocycles. The van der Waals surface area contributed by atoms with Gasteiger partial charge in [-0.2, -0.15) is 0 Å². The highest BCUT2D eigenvalue weighted by Crippen LogP contribution is 2.28. The fraction of sp³-hybridized carbons (Fsp3) is 0.167. The van der Waals surface area contributed by atoms with Gasteiger partial charge in [0.2, 0.25) is 0 Å². The minimum Gasteiger partial charge on any atom is -0.496 e. The number of hydrogen-bond acceptors (Lipinski definition) is 3. The van der Waals surface area contributed by atoms with Crippen LogP contribution in [0.15, 0.2) is 51.6 Å². The van der Waals surface area contributed by atoms with Crippen LogP contribution in [-0.2, 0) is 6.54 Å². The Hall–Kier alpha value is -2.27. The summed E-state index contributed by atoms with van der Waals surface area (Å²) in [7, 11) is 1.63. The molecule has 23 heavy (non-hydrogen) atoms. The highest BCUT2D eigenvalue weighted by Gasteiger charge is 2.16. The summed E-state index contributed by atoms with van der Waals surface area (Å²) < 4.78 is 11.4. The molecule has 4 nitrogen and oxygen atoms in total. The summed E-state index contributed by atoms with van der Waals surface area (Å²) in [5.74, 6) is 0.820. The van der Waals surface area contributed by atoms with Crippen LogP contribution in [0.4, 0.5) is 0 Å². The molecular weight excluding hydrogens is 358 g/mol. The maximum atomic E-state index is 12.3. The number of fused-ring (bicyclic) bond motifs is 1. The molecule has 1 N–H and O–H groups in total. The standard InChI is InChI=1S/C18H16BrNO3/c1-11-9-16(19)23-17(11)18(21)20-10-14-13-6-4-3-5-12(13)7-8-15(14)22-2/h3-9H,10H2,1-2H3,(H,20,21). The monoisotopic (exact) mass is 373 g/mol. The first-order chi connectivity index (χ1) is 11.1. The third-order valence-electron chi connectivity index (χ3n) is 3.74. The van der Waals surface area contributed by atoms with E-state index in [1.807, 2.05) is 43.3 Å². The van der Waals surface area contributed by atoms with Gasteiger partial charge in [-0.3, -0.25) is 4.79 Å². The zero-order valence-corrected chi connectivity index (χ0v) is 14.4. The Labute approximate surface area is 142 Å². The third kappa shape index (κ3) is 3.10. The Morgan fingerprint density at radius 1 is 1.26 bits per heavy atom. The maximum Gasteiger partial charge on any atom is 0.287 e. The molecule has 0 fully saturated rings. The molecule has 0 unspecified atom stereocenters. The highest BCUT2D eigenvalue weighted by molar-refractivity contribution is 9.10. The number of furan rings is 1.